The number of amides is 1. The van der Waals surface area contributed by atoms with E-state index in [2.05, 4.69) is 9.88 Å². The van der Waals surface area contributed by atoms with E-state index in [1.54, 1.807) is 12.0 Å². The molecule has 0 unspecified atom stereocenters. The largest absolute Gasteiger partial charge is 0.495 e. The number of piperazine rings is 1. The highest BCUT2D eigenvalue weighted by atomic mass is 16.5. The van der Waals surface area contributed by atoms with Crippen molar-refractivity contribution in [2.24, 2.45) is 0 Å². The minimum Gasteiger partial charge on any atom is -0.495 e. The molecule has 1 amide bonds. The highest BCUT2D eigenvalue weighted by Gasteiger charge is 2.23. The Morgan fingerprint density at radius 2 is 1.70 bits per heavy atom. The van der Waals surface area contributed by atoms with Crippen molar-refractivity contribution < 1.29 is 9.53 Å². The van der Waals surface area contributed by atoms with Crippen molar-refractivity contribution in [2.45, 2.75) is 6.54 Å². The lowest BCUT2D eigenvalue weighted by molar-refractivity contribution is -0.132. The summed E-state index contributed by atoms with van der Waals surface area (Å²) < 4.78 is 6.80. The smallest absolute Gasteiger partial charge is 0.254 e. The number of ether oxygens (including phenoxy) is 1. The molecule has 0 radical (unpaired) electrons. The summed E-state index contributed by atoms with van der Waals surface area (Å²) in [5.41, 5.74) is 2.28. The van der Waals surface area contributed by atoms with Gasteiger partial charge in [0.25, 0.3) is 5.56 Å². The van der Waals surface area contributed by atoms with Gasteiger partial charge in [0.1, 0.15) is 12.3 Å². The minimum absolute atomic E-state index is 0.00440. The summed E-state index contributed by atoms with van der Waals surface area (Å²) in [7, 11) is 1.66. The van der Waals surface area contributed by atoms with Crippen LogP contribution >= 0.6 is 0 Å². The standard InChI is InChI=1S/C23H24N4O3/c1-30-21-10-6-5-9-20(21)25-11-13-26(14-12-25)23(29)16-27-17-24-19(15-22(27)28)18-7-3-2-4-8-18/h2-10,15,17H,11-14,16H2,1H3. The van der Waals surface area contributed by atoms with Crippen LogP contribution < -0.4 is 15.2 Å². The molecular formula is C23H24N4O3. The van der Waals surface area contributed by atoms with E-state index in [9.17, 15) is 9.59 Å². The molecule has 2 aromatic carbocycles. The van der Waals surface area contributed by atoms with E-state index in [0.717, 1.165) is 17.0 Å². The monoisotopic (exact) mass is 404 g/mol. The fourth-order valence-electron chi connectivity index (χ4n) is 3.64. The van der Waals surface area contributed by atoms with E-state index in [4.69, 9.17) is 4.74 Å². The summed E-state index contributed by atoms with van der Waals surface area (Å²) in [5.74, 6) is 0.749. The zero-order valence-electron chi connectivity index (χ0n) is 16.9. The Morgan fingerprint density at radius 3 is 2.40 bits per heavy atom. The number of para-hydroxylation sites is 2. The van der Waals surface area contributed by atoms with Crippen LogP contribution in [0.5, 0.6) is 5.75 Å². The van der Waals surface area contributed by atoms with E-state index in [1.165, 1.54) is 17.0 Å². The Hall–Kier alpha value is -3.61. The predicted molar refractivity (Wildman–Crippen MR) is 116 cm³/mol. The predicted octanol–water partition coefficient (Wildman–Crippen LogP) is 2.27. The van der Waals surface area contributed by atoms with E-state index < -0.39 is 0 Å². The number of benzene rings is 2. The molecule has 0 atom stereocenters. The number of methoxy groups -OCH3 is 1. The van der Waals surface area contributed by atoms with Crippen LogP contribution in [0.2, 0.25) is 0 Å². The minimum atomic E-state index is -0.232. The van der Waals surface area contributed by atoms with Crippen LogP contribution in [0.4, 0.5) is 5.69 Å². The highest BCUT2D eigenvalue weighted by molar-refractivity contribution is 5.76. The number of carbonyl (C=O) groups excluding carboxylic acids is 1. The van der Waals surface area contributed by atoms with Crippen LogP contribution in [0.3, 0.4) is 0 Å². The maximum absolute atomic E-state index is 12.7. The van der Waals surface area contributed by atoms with Gasteiger partial charge in [0.15, 0.2) is 0 Å². The second-order valence-electron chi connectivity index (χ2n) is 7.15. The molecule has 0 N–H and O–H groups in total. The summed E-state index contributed by atoms with van der Waals surface area (Å²) in [6.07, 6.45) is 1.45. The zero-order chi connectivity index (χ0) is 20.9. The van der Waals surface area contributed by atoms with Crippen molar-refractivity contribution in [3.63, 3.8) is 0 Å². The lowest BCUT2D eigenvalue weighted by Gasteiger charge is -2.36. The molecule has 7 nitrogen and oxygen atoms in total. The Bertz CT molecular complexity index is 1070. The van der Waals surface area contributed by atoms with Gasteiger partial charge in [0.2, 0.25) is 5.91 Å². The van der Waals surface area contributed by atoms with Crippen molar-refractivity contribution in [2.75, 3.05) is 38.2 Å². The molecule has 2 heterocycles. The van der Waals surface area contributed by atoms with Gasteiger partial charge in [-0.1, -0.05) is 42.5 Å². The maximum Gasteiger partial charge on any atom is 0.254 e. The third-order valence-corrected chi connectivity index (χ3v) is 5.31. The van der Waals surface area contributed by atoms with Gasteiger partial charge in [-0.3, -0.25) is 14.2 Å². The normalized spacial score (nSPS) is 13.9. The second-order valence-corrected chi connectivity index (χ2v) is 7.15. The Kier molecular flexibility index (Phi) is 5.79. The molecule has 1 aromatic heterocycles. The van der Waals surface area contributed by atoms with Gasteiger partial charge < -0.3 is 14.5 Å². The van der Waals surface area contributed by atoms with Gasteiger partial charge >= 0.3 is 0 Å². The van der Waals surface area contributed by atoms with Crippen LogP contribution in [0.1, 0.15) is 0 Å². The highest BCUT2D eigenvalue weighted by Crippen LogP contribution is 2.28. The molecule has 4 rings (SSSR count). The summed E-state index contributed by atoms with van der Waals surface area (Å²) >= 11 is 0. The summed E-state index contributed by atoms with van der Waals surface area (Å²) in [4.78, 5) is 33.6. The number of nitrogens with zero attached hydrogens (tertiary/aromatic N) is 4. The van der Waals surface area contributed by atoms with Crippen LogP contribution in [0.25, 0.3) is 11.3 Å². The van der Waals surface area contributed by atoms with Crippen molar-refractivity contribution in [1.29, 1.82) is 0 Å². The van der Waals surface area contributed by atoms with Crippen LogP contribution in [-0.4, -0.2) is 53.6 Å². The zero-order valence-corrected chi connectivity index (χ0v) is 16.9. The summed E-state index contributed by atoms with van der Waals surface area (Å²) in [5, 5.41) is 0. The molecule has 0 aliphatic carbocycles. The molecule has 1 aliphatic heterocycles. The SMILES string of the molecule is COc1ccccc1N1CCN(C(=O)Cn2cnc(-c3ccccc3)cc2=O)CC1. The topological polar surface area (TPSA) is 67.7 Å². The quantitative estimate of drug-likeness (QED) is 0.653. The molecule has 1 fully saturated rings. The summed E-state index contributed by atoms with van der Waals surface area (Å²) in [6.45, 7) is 2.62. The molecule has 0 bridgehead atoms. The maximum atomic E-state index is 12.7. The lowest BCUT2D eigenvalue weighted by atomic mass is 10.1. The van der Waals surface area contributed by atoms with E-state index >= 15 is 0 Å². The van der Waals surface area contributed by atoms with E-state index in [0.29, 0.717) is 31.9 Å². The van der Waals surface area contributed by atoms with Gasteiger partial charge in [-0.2, -0.15) is 0 Å². The first kappa shape index (κ1) is 19.7. The third kappa shape index (κ3) is 4.20. The van der Waals surface area contributed by atoms with Crippen molar-refractivity contribution in [3.05, 3.63) is 77.3 Å². The van der Waals surface area contributed by atoms with E-state index in [-0.39, 0.29) is 18.0 Å². The van der Waals surface area contributed by atoms with Crippen molar-refractivity contribution >= 4 is 11.6 Å². The molecule has 154 valence electrons. The van der Waals surface area contributed by atoms with Crippen molar-refractivity contribution in [3.8, 4) is 17.0 Å². The molecule has 3 aromatic rings. The number of anilines is 1. The summed E-state index contributed by atoms with van der Waals surface area (Å²) in [6, 6.07) is 18.9. The first-order valence-electron chi connectivity index (χ1n) is 9.93. The first-order chi connectivity index (χ1) is 14.7. The van der Waals surface area contributed by atoms with E-state index in [1.807, 2.05) is 54.6 Å². The van der Waals surface area contributed by atoms with Gasteiger partial charge in [0, 0.05) is 37.8 Å². The fraction of sp³-hybridized carbons (Fsp3) is 0.261. The van der Waals surface area contributed by atoms with Crippen LogP contribution in [0.15, 0.2) is 71.8 Å². The number of hydrogen-bond acceptors (Lipinski definition) is 5. The molecule has 7 heteroatoms. The average Bonchev–Trinajstić information content (AvgIpc) is 2.81. The molecular weight excluding hydrogens is 380 g/mol. The number of hydrogen-bond donors (Lipinski definition) is 0. The Morgan fingerprint density at radius 1 is 1.00 bits per heavy atom. The van der Waals surface area contributed by atoms with Gasteiger partial charge in [-0.05, 0) is 12.1 Å². The van der Waals surface area contributed by atoms with Gasteiger partial charge in [-0.15, -0.1) is 0 Å². The number of aromatic nitrogens is 2. The van der Waals surface area contributed by atoms with Gasteiger partial charge in [0.05, 0.1) is 24.8 Å². The Balaban J connectivity index is 1.39. The second kappa shape index (κ2) is 8.82. The van der Waals surface area contributed by atoms with Crippen LogP contribution in [-0.2, 0) is 11.3 Å². The Labute approximate surface area is 175 Å². The number of carbonyl (C=O) groups is 1. The van der Waals surface area contributed by atoms with Crippen molar-refractivity contribution in [1.82, 2.24) is 14.5 Å². The average molecular weight is 404 g/mol. The van der Waals surface area contributed by atoms with Gasteiger partial charge in [-0.25, -0.2) is 4.98 Å². The third-order valence-electron chi connectivity index (χ3n) is 5.31. The number of rotatable bonds is 5. The lowest BCUT2D eigenvalue weighted by Crippen LogP contribution is -2.50. The fourth-order valence-corrected chi connectivity index (χ4v) is 3.64. The molecule has 0 saturated carbocycles. The first-order valence-corrected chi connectivity index (χ1v) is 9.93. The van der Waals surface area contributed by atoms with Crippen LogP contribution in [0, 0.1) is 0 Å². The molecule has 0 spiro atoms. The molecule has 30 heavy (non-hydrogen) atoms. The molecule has 1 aliphatic rings. The molecule has 1 saturated heterocycles.